The van der Waals surface area contributed by atoms with Gasteiger partial charge >= 0.3 is 0 Å². The Morgan fingerprint density at radius 2 is 1.86 bits per heavy atom. The summed E-state index contributed by atoms with van der Waals surface area (Å²) in [6.07, 6.45) is 0.791. The zero-order valence-electron chi connectivity index (χ0n) is 15.9. The third-order valence-electron chi connectivity index (χ3n) is 4.69. The molecule has 9 nitrogen and oxygen atoms in total. The van der Waals surface area contributed by atoms with Gasteiger partial charge in [0.2, 0.25) is 23.5 Å². The molecular formula is C18H23N3O6S. The first kappa shape index (κ1) is 20.1. The number of nitrogens with one attached hydrogen (secondary N) is 2. The molecule has 2 heterocycles. The van der Waals surface area contributed by atoms with Crippen molar-refractivity contribution < 1.29 is 28.6 Å². The molecule has 0 aliphatic carbocycles. The molecule has 2 N–H and O–H groups in total. The van der Waals surface area contributed by atoms with E-state index < -0.39 is 12.1 Å². The lowest BCUT2D eigenvalue weighted by molar-refractivity contribution is -0.138. The van der Waals surface area contributed by atoms with E-state index in [1.54, 1.807) is 12.1 Å². The number of benzene rings is 1. The Morgan fingerprint density at radius 3 is 2.39 bits per heavy atom. The molecule has 2 fully saturated rings. The van der Waals surface area contributed by atoms with Gasteiger partial charge in [-0.25, -0.2) is 0 Å². The highest BCUT2D eigenvalue weighted by Crippen LogP contribution is 2.40. The number of anilines is 1. The van der Waals surface area contributed by atoms with Gasteiger partial charge in [0, 0.05) is 30.0 Å². The normalized spacial score (nSPS) is 21.2. The Hall–Kier alpha value is -2.62. The van der Waals surface area contributed by atoms with E-state index in [0.29, 0.717) is 47.4 Å². The van der Waals surface area contributed by atoms with Crippen LogP contribution in [-0.4, -0.2) is 67.7 Å². The van der Waals surface area contributed by atoms with Crippen LogP contribution in [0.15, 0.2) is 12.1 Å². The molecule has 152 valence electrons. The Bertz CT molecular complexity index is 762. The summed E-state index contributed by atoms with van der Waals surface area (Å²) in [6, 6.07) is 2.09. The first-order valence-corrected chi connectivity index (χ1v) is 9.92. The third-order valence-corrected chi connectivity index (χ3v) is 5.71. The quantitative estimate of drug-likeness (QED) is 0.717. The van der Waals surface area contributed by atoms with Crippen LogP contribution in [0.3, 0.4) is 0 Å². The molecule has 1 aromatic rings. The second-order valence-electron chi connectivity index (χ2n) is 6.39. The molecule has 0 saturated carbocycles. The average molecular weight is 409 g/mol. The zero-order valence-corrected chi connectivity index (χ0v) is 16.8. The number of amides is 3. The van der Waals surface area contributed by atoms with Gasteiger partial charge in [-0.05, 0) is 6.42 Å². The minimum atomic E-state index is -0.617. The molecule has 2 aliphatic heterocycles. The van der Waals surface area contributed by atoms with Gasteiger partial charge in [0.15, 0.2) is 11.5 Å². The van der Waals surface area contributed by atoms with Crippen molar-refractivity contribution in [3.8, 4) is 17.2 Å². The lowest BCUT2D eigenvalue weighted by atomic mass is 10.1. The van der Waals surface area contributed by atoms with Crippen molar-refractivity contribution in [2.24, 2.45) is 0 Å². The number of methoxy groups -OCH3 is 3. The van der Waals surface area contributed by atoms with E-state index in [0.717, 1.165) is 0 Å². The van der Waals surface area contributed by atoms with E-state index in [4.69, 9.17) is 14.2 Å². The summed E-state index contributed by atoms with van der Waals surface area (Å²) in [7, 11) is 4.49. The molecule has 3 amide bonds. The van der Waals surface area contributed by atoms with Crippen molar-refractivity contribution in [2.75, 3.05) is 38.3 Å². The summed E-state index contributed by atoms with van der Waals surface area (Å²) in [6.45, 7) is 0. The molecule has 2 saturated heterocycles. The fourth-order valence-electron chi connectivity index (χ4n) is 3.26. The summed E-state index contributed by atoms with van der Waals surface area (Å²) in [5.41, 5.74) is 0.470. The summed E-state index contributed by atoms with van der Waals surface area (Å²) in [4.78, 5) is 38.5. The van der Waals surface area contributed by atoms with Crippen LogP contribution >= 0.6 is 11.8 Å². The van der Waals surface area contributed by atoms with Crippen molar-refractivity contribution in [3.05, 3.63) is 12.1 Å². The van der Waals surface area contributed by atoms with Gasteiger partial charge in [-0.1, -0.05) is 0 Å². The molecule has 2 atom stereocenters. The molecule has 0 aromatic heterocycles. The van der Waals surface area contributed by atoms with Crippen molar-refractivity contribution in [2.45, 2.75) is 24.9 Å². The highest BCUT2D eigenvalue weighted by Gasteiger charge is 2.39. The number of hydrogen-bond donors (Lipinski definition) is 2. The van der Waals surface area contributed by atoms with Crippen molar-refractivity contribution >= 4 is 35.2 Å². The minimum Gasteiger partial charge on any atom is -0.493 e. The molecule has 0 spiro atoms. The van der Waals surface area contributed by atoms with Crippen LogP contribution in [-0.2, 0) is 14.4 Å². The number of nitrogens with zero attached hydrogens (tertiary/aromatic N) is 1. The molecule has 2 aliphatic rings. The lowest BCUT2D eigenvalue weighted by Crippen LogP contribution is -2.50. The summed E-state index contributed by atoms with van der Waals surface area (Å²) < 4.78 is 15.9. The van der Waals surface area contributed by atoms with Crippen molar-refractivity contribution in [3.63, 3.8) is 0 Å². The lowest BCUT2D eigenvalue weighted by Gasteiger charge is -2.26. The Morgan fingerprint density at radius 1 is 1.18 bits per heavy atom. The minimum absolute atomic E-state index is 0.136. The predicted molar refractivity (Wildman–Crippen MR) is 104 cm³/mol. The number of carbonyl (C=O) groups excluding carboxylic acids is 3. The van der Waals surface area contributed by atoms with Crippen molar-refractivity contribution in [1.82, 2.24) is 10.2 Å². The molecule has 10 heteroatoms. The largest absolute Gasteiger partial charge is 0.493 e. The maximum absolute atomic E-state index is 12.8. The van der Waals surface area contributed by atoms with Crippen LogP contribution in [0.1, 0.15) is 12.8 Å². The highest BCUT2D eigenvalue weighted by molar-refractivity contribution is 7.99. The smallest absolute Gasteiger partial charge is 0.248 e. The number of rotatable bonds is 6. The van der Waals surface area contributed by atoms with E-state index in [9.17, 15) is 14.4 Å². The fraction of sp³-hybridized carbons (Fsp3) is 0.500. The van der Waals surface area contributed by atoms with Gasteiger partial charge in [-0.2, -0.15) is 0 Å². The first-order chi connectivity index (χ1) is 13.5. The highest BCUT2D eigenvalue weighted by atomic mass is 32.2. The van der Waals surface area contributed by atoms with E-state index in [1.165, 1.54) is 38.0 Å². The molecule has 0 radical (unpaired) electrons. The van der Waals surface area contributed by atoms with Crippen LogP contribution in [0.4, 0.5) is 5.69 Å². The average Bonchev–Trinajstić information content (AvgIpc) is 3.35. The zero-order chi connectivity index (χ0) is 20.3. The van der Waals surface area contributed by atoms with Crippen LogP contribution in [0.25, 0.3) is 0 Å². The van der Waals surface area contributed by atoms with E-state index in [2.05, 4.69) is 10.6 Å². The van der Waals surface area contributed by atoms with Crippen LogP contribution in [0, 0.1) is 0 Å². The number of thioether (sulfide) groups is 1. The van der Waals surface area contributed by atoms with Gasteiger partial charge in [0.05, 0.1) is 27.2 Å². The SMILES string of the molecule is COc1cc(NC(=O)[C@H]2CSCN2C(=O)C2CCC(=O)N2)cc(OC)c1OC. The third kappa shape index (κ3) is 3.96. The fourth-order valence-corrected chi connectivity index (χ4v) is 4.42. The Kier molecular flexibility index (Phi) is 6.18. The molecule has 28 heavy (non-hydrogen) atoms. The standard InChI is InChI=1S/C18H23N3O6S/c1-25-13-6-10(7-14(26-2)16(13)27-3)19-17(23)12-8-28-9-21(12)18(24)11-4-5-15(22)20-11/h6-7,11-12H,4-5,8-9H2,1-3H3,(H,19,23)(H,20,22)/t11?,12-/m1/s1. The van der Waals surface area contributed by atoms with Gasteiger partial charge in [0.1, 0.15) is 12.1 Å². The van der Waals surface area contributed by atoms with Crippen molar-refractivity contribution in [1.29, 1.82) is 0 Å². The van der Waals surface area contributed by atoms with Gasteiger partial charge < -0.3 is 29.7 Å². The molecule has 1 aromatic carbocycles. The van der Waals surface area contributed by atoms with Crippen LogP contribution in [0.5, 0.6) is 17.2 Å². The Balaban J connectivity index is 1.75. The molecule has 1 unspecified atom stereocenters. The monoisotopic (exact) mass is 409 g/mol. The second-order valence-corrected chi connectivity index (χ2v) is 7.39. The van der Waals surface area contributed by atoms with E-state index >= 15 is 0 Å². The van der Waals surface area contributed by atoms with Gasteiger partial charge in [-0.3, -0.25) is 14.4 Å². The summed E-state index contributed by atoms with van der Waals surface area (Å²) >= 11 is 1.50. The van der Waals surface area contributed by atoms with Gasteiger partial charge in [-0.15, -0.1) is 11.8 Å². The van der Waals surface area contributed by atoms with E-state index in [-0.39, 0.29) is 17.7 Å². The number of carbonyl (C=O) groups is 3. The first-order valence-electron chi connectivity index (χ1n) is 8.77. The number of hydrogen-bond acceptors (Lipinski definition) is 7. The molecule has 3 rings (SSSR count). The molecular weight excluding hydrogens is 386 g/mol. The summed E-state index contributed by atoms with van der Waals surface area (Å²) in [5.74, 6) is 1.50. The summed E-state index contributed by atoms with van der Waals surface area (Å²) in [5, 5.41) is 5.48. The number of ether oxygens (including phenoxy) is 3. The molecule has 0 bridgehead atoms. The topological polar surface area (TPSA) is 106 Å². The van der Waals surface area contributed by atoms with Gasteiger partial charge in [0.25, 0.3) is 0 Å². The Labute approximate surface area is 167 Å². The van der Waals surface area contributed by atoms with Crippen LogP contribution < -0.4 is 24.8 Å². The maximum Gasteiger partial charge on any atom is 0.248 e. The van der Waals surface area contributed by atoms with E-state index in [1.807, 2.05) is 0 Å². The second kappa shape index (κ2) is 8.59. The van der Waals surface area contributed by atoms with Crippen LogP contribution in [0.2, 0.25) is 0 Å². The maximum atomic E-state index is 12.8. The predicted octanol–water partition coefficient (Wildman–Crippen LogP) is 0.831.